The molecule has 41 heavy (non-hydrogen) atoms. The molecule has 0 fully saturated rings. The summed E-state index contributed by atoms with van der Waals surface area (Å²) in [6, 6.07) is 15.1. The summed E-state index contributed by atoms with van der Waals surface area (Å²) in [5.74, 6) is -0.0654. The van der Waals surface area contributed by atoms with Crippen molar-refractivity contribution in [2.24, 2.45) is 4.99 Å². The first-order chi connectivity index (χ1) is 19.8. The highest BCUT2D eigenvalue weighted by atomic mass is 32.1. The summed E-state index contributed by atoms with van der Waals surface area (Å²) in [6.07, 6.45) is 1.44. The number of ether oxygens (including phenoxy) is 3. The van der Waals surface area contributed by atoms with Gasteiger partial charge in [0.15, 0.2) is 16.3 Å². The number of methoxy groups -OCH3 is 1. The van der Waals surface area contributed by atoms with Crippen molar-refractivity contribution in [3.63, 3.8) is 0 Å². The summed E-state index contributed by atoms with van der Waals surface area (Å²) < 4.78 is 18.3. The molecule has 12 heteroatoms. The Morgan fingerprint density at radius 3 is 2.61 bits per heavy atom. The van der Waals surface area contributed by atoms with Crippen LogP contribution in [0.4, 0.5) is 5.69 Å². The Kier molecular flexibility index (Phi) is 8.13. The van der Waals surface area contributed by atoms with Crippen LogP contribution in [0, 0.1) is 10.1 Å². The highest BCUT2D eigenvalue weighted by Crippen LogP contribution is 2.36. The molecule has 1 atom stereocenters. The van der Waals surface area contributed by atoms with Crippen LogP contribution in [-0.2, 0) is 16.1 Å². The van der Waals surface area contributed by atoms with Crippen LogP contribution in [0.25, 0.3) is 6.08 Å². The number of nitro groups is 1. The Labute approximate surface area is 242 Å². The third-order valence-electron chi connectivity index (χ3n) is 6.36. The van der Waals surface area contributed by atoms with Crippen molar-refractivity contribution in [2.45, 2.75) is 26.5 Å². The molecule has 0 radical (unpaired) electrons. The van der Waals surface area contributed by atoms with Crippen molar-refractivity contribution < 1.29 is 23.9 Å². The number of carbonyl (C=O) groups is 1. The van der Waals surface area contributed by atoms with E-state index in [0.717, 1.165) is 21.8 Å². The molecule has 0 bridgehead atoms. The third kappa shape index (κ3) is 5.56. The van der Waals surface area contributed by atoms with Crippen molar-refractivity contribution in [1.29, 1.82) is 0 Å². The van der Waals surface area contributed by atoms with Gasteiger partial charge in [-0.15, -0.1) is 11.3 Å². The zero-order valence-electron chi connectivity index (χ0n) is 22.4. The predicted molar refractivity (Wildman–Crippen MR) is 155 cm³/mol. The van der Waals surface area contributed by atoms with E-state index < -0.39 is 22.5 Å². The number of allylic oxidation sites excluding steroid dienone is 1. The van der Waals surface area contributed by atoms with Crippen LogP contribution in [-0.4, -0.2) is 29.2 Å². The molecular weight excluding hydrogens is 566 g/mol. The number of esters is 1. The summed E-state index contributed by atoms with van der Waals surface area (Å²) in [5, 5.41) is 13.9. The fourth-order valence-corrected chi connectivity index (χ4v) is 6.36. The van der Waals surface area contributed by atoms with Crippen LogP contribution < -0.4 is 24.4 Å². The van der Waals surface area contributed by atoms with Gasteiger partial charge in [0.25, 0.3) is 11.2 Å². The van der Waals surface area contributed by atoms with Gasteiger partial charge in [-0.25, -0.2) is 9.79 Å². The summed E-state index contributed by atoms with van der Waals surface area (Å²) in [4.78, 5) is 44.0. The second-order valence-electron chi connectivity index (χ2n) is 8.91. The minimum Gasteiger partial charge on any atom is -0.493 e. The van der Waals surface area contributed by atoms with Crippen LogP contribution in [0.15, 0.2) is 81.0 Å². The zero-order chi connectivity index (χ0) is 29.1. The van der Waals surface area contributed by atoms with E-state index in [1.807, 2.05) is 47.8 Å². The molecule has 3 heterocycles. The van der Waals surface area contributed by atoms with Crippen molar-refractivity contribution >= 4 is 40.4 Å². The van der Waals surface area contributed by atoms with Crippen LogP contribution in [0.3, 0.4) is 0 Å². The van der Waals surface area contributed by atoms with E-state index in [1.165, 1.54) is 41.2 Å². The van der Waals surface area contributed by atoms with Gasteiger partial charge in [0, 0.05) is 4.88 Å². The number of nitro benzene ring substituents is 1. The van der Waals surface area contributed by atoms with Crippen LogP contribution in [0.2, 0.25) is 0 Å². The van der Waals surface area contributed by atoms with Crippen LogP contribution in [0.1, 0.15) is 35.9 Å². The SMILES string of the molecule is CCOC(=O)C1=C(C)N=c2s/c(=C\c3cc(OC)c(OCc4ccccc4)cc3[N+](=O)[O-])c(=O)n2[C@H]1c1cccs1. The highest BCUT2D eigenvalue weighted by Gasteiger charge is 2.34. The quantitative estimate of drug-likeness (QED) is 0.161. The lowest BCUT2D eigenvalue weighted by molar-refractivity contribution is -0.385. The zero-order valence-corrected chi connectivity index (χ0v) is 24.0. The molecule has 2 aromatic carbocycles. The molecule has 0 amide bonds. The number of hydrogen-bond donors (Lipinski definition) is 0. The maximum Gasteiger partial charge on any atom is 0.338 e. The lowest BCUT2D eigenvalue weighted by Gasteiger charge is -2.23. The molecular formula is C29H25N3O7S2. The van der Waals surface area contributed by atoms with Gasteiger partial charge >= 0.3 is 5.97 Å². The average Bonchev–Trinajstić information content (AvgIpc) is 3.60. The van der Waals surface area contributed by atoms with E-state index in [4.69, 9.17) is 14.2 Å². The topological polar surface area (TPSA) is 122 Å². The second kappa shape index (κ2) is 11.9. The Morgan fingerprint density at radius 2 is 1.95 bits per heavy atom. The molecule has 1 aliphatic rings. The molecule has 0 aliphatic carbocycles. The van der Waals surface area contributed by atoms with E-state index in [1.54, 1.807) is 13.8 Å². The molecule has 0 saturated heterocycles. The van der Waals surface area contributed by atoms with Gasteiger partial charge in [0.2, 0.25) is 0 Å². The predicted octanol–water partition coefficient (Wildman–Crippen LogP) is 4.36. The maximum atomic E-state index is 13.8. The van der Waals surface area contributed by atoms with Gasteiger partial charge in [-0.05, 0) is 43.0 Å². The van der Waals surface area contributed by atoms with Gasteiger partial charge in [0.1, 0.15) is 12.6 Å². The Morgan fingerprint density at radius 1 is 1.17 bits per heavy atom. The minimum absolute atomic E-state index is 0.165. The molecule has 0 unspecified atom stereocenters. The molecule has 4 aromatic rings. The fourth-order valence-electron chi connectivity index (χ4n) is 4.50. The van der Waals surface area contributed by atoms with Crippen LogP contribution >= 0.6 is 22.7 Å². The Hall–Kier alpha value is -4.55. The lowest BCUT2D eigenvalue weighted by Crippen LogP contribution is -2.39. The molecule has 2 aromatic heterocycles. The number of aromatic nitrogens is 1. The van der Waals surface area contributed by atoms with E-state index in [-0.39, 0.29) is 46.1 Å². The summed E-state index contributed by atoms with van der Waals surface area (Å²) in [7, 11) is 1.44. The van der Waals surface area contributed by atoms with Crippen molar-refractivity contribution in [3.8, 4) is 11.5 Å². The smallest absolute Gasteiger partial charge is 0.338 e. The van der Waals surface area contributed by atoms with E-state index in [2.05, 4.69) is 4.99 Å². The molecule has 10 nitrogen and oxygen atoms in total. The van der Waals surface area contributed by atoms with E-state index in [9.17, 15) is 19.7 Å². The van der Waals surface area contributed by atoms with Crippen LogP contribution in [0.5, 0.6) is 11.5 Å². The Balaban J connectivity index is 1.62. The first kappa shape index (κ1) is 28.0. The Bertz CT molecular complexity index is 1820. The minimum atomic E-state index is -0.731. The van der Waals surface area contributed by atoms with Crippen molar-refractivity contribution in [1.82, 2.24) is 4.57 Å². The number of thiazole rings is 1. The molecule has 0 saturated carbocycles. The molecule has 210 valence electrons. The largest absolute Gasteiger partial charge is 0.493 e. The first-order valence-electron chi connectivity index (χ1n) is 12.6. The van der Waals surface area contributed by atoms with Gasteiger partial charge < -0.3 is 14.2 Å². The number of hydrogen-bond acceptors (Lipinski definition) is 10. The average molecular weight is 592 g/mol. The third-order valence-corrected chi connectivity index (χ3v) is 8.27. The van der Waals surface area contributed by atoms with Gasteiger partial charge in [-0.2, -0.15) is 0 Å². The summed E-state index contributed by atoms with van der Waals surface area (Å²) in [5.41, 5.74) is 1.10. The number of rotatable bonds is 9. The monoisotopic (exact) mass is 591 g/mol. The lowest BCUT2D eigenvalue weighted by atomic mass is 10.0. The summed E-state index contributed by atoms with van der Waals surface area (Å²) in [6.45, 7) is 3.78. The number of benzene rings is 2. The second-order valence-corrected chi connectivity index (χ2v) is 10.9. The number of nitrogens with zero attached hydrogens (tertiary/aromatic N) is 3. The van der Waals surface area contributed by atoms with Crippen molar-refractivity contribution in [3.05, 3.63) is 117 Å². The number of carbonyl (C=O) groups excluding carboxylic acids is 1. The standard InChI is InChI=1S/C29H25N3O7S2/c1-4-38-28(34)25-17(2)30-29-31(26(25)23-11-8-12-40-23)27(33)24(41-29)14-19-13-21(37-3)22(15-20(19)32(35)36)39-16-18-9-6-5-7-10-18/h5-15,26H,4,16H2,1-3H3/b24-14-/t26-/m0/s1. The fraction of sp³-hybridized carbons (Fsp3) is 0.207. The van der Waals surface area contributed by atoms with E-state index >= 15 is 0 Å². The van der Waals surface area contributed by atoms with Crippen molar-refractivity contribution in [2.75, 3.05) is 13.7 Å². The van der Waals surface area contributed by atoms with Gasteiger partial charge in [-0.1, -0.05) is 47.7 Å². The van der Waals surface area contributed by atoms with Gasteiger partial charge in [0.05, 0.1) is 46.1 Å². The first-order valence-corrected chi connectivity index (χ1v) is 14.3. The number of thiophene rings is 1. The molecule has 0 N–H and O–H groups in total. The normalized spacial score (nSPS) is 14.8. The highest BCUT2D eigenvalue weighted by molar-refractivity contribution is 7.10. The van der Waals surface area contributed by atoms with Gasteiger partial charge in [-0.3, -0.25) is 19.5 Å². The summed E-state index contributed by atoms with van der Waals surface area (Å²) >= 11 is 2.49. The van der Waals surface area contributed by atoms with E-state index in [0.29, 0.717) is 10.5 Å². The molecule has 1 aliphatic heterocycles. The number of fused-ring (bicyclic) bond motifs is 1. The molecule has 5 rings (SSSR count). The molecule has 0 spiro atoms. The maximum absolute atomic E-state index is 13.8.